The Morgan fingerprint density at radius 3 is 2.71 bits per heavy atom. The molecule has 3 rings (SSSR count). The van der Waals surface area contributed by atoms with Gasteiger partial charge in [-0.2, -0.15) is 0 Å². The third kappa shape index (κ3) is 1.91. The molecule has 3 aromatic rings. The van der Waals surface area contributed by atoms with Gasteiger partial charge in [0.25, 0.3) is 0 Å². The summed E-state index contributed by atoms with van der Waals surface area (Å²) in [6.45, 7) is 0. The van der Waals surface area contributed by atoms with Crippen molar-refractivity contribution in [1.29, 1.82) is 0 Å². The Kier molecular flexibility index (Phi) is 2.37. The summed E-state index contributed by atoms with van der Waals surface area (Å²) in [6.07, 6.45) is 0. The van der Waals surface area contributed by atoms with Gasteiger partial charge in [-0.1, -0.05) is 28.1 Å². The standard InChI is InChI=1S/C13H9BrN2O/c14-9-5-8(6-10(15)7-9)13-16-11-3-1-2-4-12(11)17-13/h1-7H,15H2. The van der Waals surface area contributed by atoms with Crippen molar-refractivity contribution in [2.75, 3.05) is 5.73 Å². The van der Waals surface area contributed by atoms with Gasteiger partial charge in [0.05, 0.1) is 0 Å². The van der Waals surface area contributed by atoms with E-state index < -0.39 is 0 Å². The molecule has 3 nitrogen and oxygen atoms in total. The predicted octanol–water partition coefficient (Wildman–Crippen LogP) is 3.84. The zero-order valence-electron chi connectivity index (χ0n) is 8.85. The van der Waals surface area contributed by atoms with Crippen molar-refractivity contribution >= 4 is 32.7 Å². The van der Waals surface area contributed by atoms with Gasteiger partial charge in [0.1, 0.15) is 5.52 Å². The molecule has 1 aromatic heterocycles. The summed E-state index contributed by atoms with van der Waals surface area (Å²) < 4.78 is 6.59. The fraction of sp³-hybridized carbons (Fsp3) is 0. The molecular weight excluding hydrogens is 280 g/mol. The third-order valence-corrected chi connectivity index (χ3v) is 2.92. The van der Waals surface area contributed by atoms with Gasteiger partial charge in [0.15, 0.2) is 5.58 Å². The van der Waals surface area contributed by atoms with E-state index in [2.05, 4.69) is 20.9 Å². The number of fused-ring (bicyclic) bond motifs is 1. The number of benzene rings is 2. The van der Waals surface area contributed by atoms with E-state index in [0.29, 0.717) is 11.6 Å². The number of nitrogens with zero attached hydrogens (tertiary/aromatic N) is 1. The number of aromatic nitrogens is 1. The van der Waals surface area contributed by atoms with Crippen LogP contribution in [0.25, 0.3) is 22.6 Å². The smallest absolute Gasteiger partial charge is 0.227 e. The average molecular weight is 289 g/mol. The monoisotopic (exact) mass is 288 g/mol. The zero-order valence-corrected chi connectivity index (χ0v) is 10.4. The molecule has 0 aliphatic heterocycles. The molecule has 0 spiro atoms. The van der Waals surface area contributed by atoms with Gasteiger partial charge in [-0.15, -0.1) is 0 Å². The molecule has 0 unspecified atom stereocenters. The average Bonchev–Trinajstić information content (AvgIpc) is 2.71. The number of hydrogen-bond donors (Lipinski definition) is 1. The summed E-state index contributed by atoms with van der Waals surface area (Å²) in [5.41, 5.74) is 8.96. The van der Waals surface area contributed by atoms with E-state index in [1.54, 1.807) is 0 Å². The van der Waals surface area contributed by atoms with Crippen molar-refractivity contribution in [3.8, 4) is 11.5 Å². The molecule has 0 saturated heterocycles. The van der Waals surface area contributed by atoms with Gasteiger partial charge < -0.3 is 10.2 Å². The molecule has 0 atom stereocenters. The highest BCUT2D eigenvalue weighted by Crippen LogP contribution is 2.28. The Hall–Kier alpha value is -1.81. The first-order valence-corrected chi connectivity index (χ1v) is 5.94. The number of rotatable bonds is 1. The van der Waals surface area contributed by atoms with Crippen LogP contribution in [0.15, 0.2) is 51.4 Å². The van der Waals surface area contributed by atoms with E-state index in [4.69, 9.17) is 10.2 Å². The van der Waals surface area contributed by atoms with Crippen LogP contribution in [0.5, 0.6) is 0 Å². The number of anilines is 1. The number of nitrogen functional groups attached to an aromatic ring is 1. The van der Waals surface area contributed by atoms with Crippen molar-refractivity contribution in [2.45, 2.75) is 0 Å². The van der Waals surface area contributed by atoms with Crippen LogP contribution >= 0.6 is 15.9 Å². The molecule has 0 saturated carbocycles. The maximum absolute atomic E-state index is 5.79. The van der Waals surface area contributed by atoms with E-state index in [0.717, 1.165) is 21.1 Å². The van der Waals surface area contributed by atoms with Gasteiger partial charge >= 0.3 is 0 Å². The van der Waals surface area contributed by atoms with Gasteiger partial charge in [-0.05, 0) is 30.3 Å². The molecule has 1 heterocycles. The molecule has 0 radical (unpaired) electrons. The summed E-state index contributed by atoms with van der Waals surface area (Å²) in [4.78, 5) is 4.42. The molecule has 17 heavy (non-hydrogen) atoms. The van der Waals surface area contributed by atoms with Crippen molar-refractivity contribution < 1.29 is 4.42 Å². The Morgan fingerprint density at radius 2 is 1.94 bits per heavy atom. The lowest BCUT2D eigenvalue weighted by Gasteiger charge is -1.99. The SMILES string of the molecule is Nc1cc(Br)cc(-c2nc3ccccc3o2)c1. The fourth-order valence-corrected chi connectivity index (χ4v) is 2.24. The number of hydrogen-bond acceptors (Lipinski definition) is 3. The minimum atomic E-state index is 0.583. The summed E-state index contributed by atoms with van der Waals surface area (Å²) in [5.74, 6) is 0.583. The van der Waals surface area contributed by atoms with E-state index in [9.17, 15) is 0 Å². The van der Waals surface area contributed by atoms with Gasteiger partial charge in [-0.25, -0.2) is 4.98 Å². The highest BCUT2D eigenvalue weighted by molar-refractivity contribution is 9.10. The van der Waals surface area contributed by atoms with Crippen LogP contribution in [0.1, 0.15) is 0 Å². The summed E-state index contributed by atoms with van der Waals surface area (Å²) in [6, 6.07) is 13.3. The first-order chi connectivity index (χ1) is 8.22. The van der Waals surface area contributed by atoms with Crippen molar-refractivity contribution in [1.82, 2.24) is 4.98 Å². The van der Waals surface area contributed by atoms with Gasteiger partial charge in [0, 0.05) is 15.7 Å². The summed E-state index contributed by atoms with van der Waals surface area (Å²) >= 11 is 3.40. The Bertz CT molecular complexity index is 637. The lowest BCUT2D eigenvalue weighted by Crippen LogP contribution is -1.86. The van der Waals surface area contributed by atoms with Crippen LogP contribution in [0.3, 0.4) is 0 Å². The number of halogens is 1. The first kappa shape index (κ1) is 10.4. The molecule has 0 bridgehead atoms. The molecule has 4 heteroatoms. The largest absolute Gasteiger partial charge is 0.436 e. The minimum absolute atomic E-state index is 0.583. The van der Waals surface area contributed by atoms with Crippen LogP contribution in [0, 0.1) is 0 Å². The topological polar surface area (TPSA) is 52.0 Å². The van der Waals surface area contributed by atoms with Crippen LogP contribution in [-0.2, 0) is 0 Å². The highest BCUT2D eigenvalue weighted by Gasteiger charge is 2.08. The Labute approximate surface area is 106 Å². The summed E-state index contributed by atoms with van der Waals surface area (Å²) in [7, 11) is 0. The van der Waals surface area contributed by atoms with Crippen molar-refractivity contribution in [3.63, 3.8) is 0 Å². The Balaban J connectivity index is 2.20. The maximum Gasteiger partial charge on any atom is 0.227 e. The van der Waals surface area contributed by atoms with Gasteiger partial charge in [0.2, 0.25) is 5.89 Å². The molecular formula is C13H9BrN2O. The molecule has 0 aliphatic carbocycles. The third-order valence-electron chi connectivity index (χ3n) is 2.46. The summed E-state index contributed by atoms with van der Waals surface area (Å²) in [5, 5.41) is 0. The predicted molar refractivity (Wildman–Crippen MR) is 71.6 cm³/mol. The van der Waals surface area contributed by atoms with Crippen LogP contribution in [-0.4, -0.2) is 4.98 Å². The second-order valence-electron chi connectivity index (χ2n) is 3.76. The van der Waals surface area contributed by atoms with E-state index in [-0.39, 0.29) is 0 Å². The highest BCUT2D eigenvalue weighted by atomic mass is 79.9. The number of nitrogens with two attached hydrogens (primary N) is 1. The number of para-hydroxylation sites is 2. The van der Waals surface area contributed by atoms with Crippen molar-refractivity contribution in [3.05, 3.63) is 46.9 Å². The fourth-order valence-electron chi connectivity index (χ4n) is 1.73. The number of oxazole rings is 1. The molecule has 0 amide bonds. The molecule has 2 aromatic carbocycles. The van der Waals surface area contributed by atoms with E-state index in [1.807, 2.05) is 42.5 Å². The molecule has 0 fully saturated rings. The first-order valence-electron chi connectivity index (χ1n) is 5.14. The maximum atomic E-state index is 5.79. The quantitative estimate of drug-likeness (QED) is 0.692. The van der Waals surface area contributed by atoms with Crippen LogP contribution < -0.4 is 5.73 Å². The second kappa shape index (κ2) is 3.89. The lowest BCUT2D eigenvalue weighted by atomic mass is 10.2. The van der Waals surface area contributed by atoms with Crippen molar-refractivity contribution in [2.24, 2.45) is 0 Å². The van der Waals surface area contributed by atoms with E-state index in [1.165, 1.54) is 0 Å². The van der Waals surface area contributed by atoms with Gasteiger partial charge in [-0.3, -0.25) is 0 Å². The second-order valence-corrected chi connectivity index (χ2v) is 4.68. The normalized spacial score (nSPS) is 10.9. The molecule has 2 N–H and O–H groups in total. The molecule has 84 valence electrons. The zero-order chi connectivity index (χ0) is 11.8. The molecule has 0 aliphatic rings. The van der Waals surface area contributed by atoms with Crippen LogP contribution in [0.4, 0.5) is 5.69 Å². The lowest BCUT2D eigenvalue weighted by molar-refractivity contribution is 0.620. The van der Waals surface area contributed by atoms with E-state index >= 15 is 0 Å². The minimum Gasteiger partial charge on any atom is -0.436 e. The van der Waals surface area contributed by atoms with Crippen LogP contribution in [0.2, 0.25) is 0 Å². The Morgan fingerprint density at radius 1 is 1.12 bits per heavy atom.